The molecule has 64 heavy (non-hydrogen) atoms. The average Bonchev–Trinajstić information content (AvgIpc) is 3.26. The number of aliphatic carboxylic acids is 1. The lowest BCUT2D eigenvalue weighted by molar-refractivity contribution is -0.889. The highest BCUT2D eigenvalue weighted by atomic mass is 16.6. The maximum Gasteiger partial charge on any atom is 0.306 e. The smallest absolute Gasteiger partial charge is 0.306 e. The van der Waals surface area contributed by atoms with Gasteiger partial charge in [-0.15, -0.1) is 0 Å². The van der Waals surface area contributed by atoms with Crippen LogP contribution in [0, 0.1) is 0 Å². The van der Waals surface area contributed by atoms with Crippen molar-refractivity contribution in [2.75, 3.05) is 41.0 Å². The van der Waals surface area contributed by atoms with Crippen molar-refractivity contribution in [2.24, 2.45) is 0 Å². The maximum absolute atomic E-state index is 12.7. The summed E-state index contributed by atoms with van der Waals surface area (Å²) in [5.74, 6) is -1.84. The van der Waals surface area contributed by atoms with Gasteiger partial charge in [0, 0.05) is 19.3 Å². The molecule has 0 spiro atoms. The van der Waals surface area contributed by atoms with Crippen molar-refractivity contribution in [1.29, 1.82) is 0 Å². The van der Waals surface area contributed by atoms with Gasteiger partial charge >= 0.3 is 11.9 Å². The summed E-state index contributed by atoms with van der Waals surface area (Å²) in [7, 11) is 5.39. The first kappa shape index (κ1) is 60.8. The summed E-state index contributed by atoms with van der Waals surface area (Å²) in [5.41, 5.74) is 0. The molecule has 0 aromatic carbocycles. The molecule has 0 radical (unpaired) electrons. The highest BCUT2D eigenvalue weighted by Crippen LogP contribution is 2.16. The maximum atomic E-state index is 12.7. The molecule has 2 unspecified atom stereocenters. The third-order valence-electron chi connectivity index (χ3n) is 11.4. The zero-order valence-electron chi connectivity index (χ0n) is 41.9. The van der Waals surface area contributed by atoms with Gasteiger partial charge in [-0.05, 0) is 51.4 Å². The minimum Gasteiger partial charge on any atom is -0.544 e. The number of hydrogen-bond acceptors (Lipinski definition) is 7. The van der Waals surface area contributed by atoms with E-state index in [-0.39, 0.29) is 43.1 Å². The summed E-state index contributed by atoms with van der Waals surface area (Å²) in [4.78, 5) is 37.0. The van der Waals surface area contributed by atoms with E-state index in [2.05, 4.69) is 74.6 Å². The lowest BCUT2D eigenvalue weighted by Crippen LogP contribution is -2.55. The Kier molecular flexibility index (Phi) is 44.0. The molecular formula is C56H97NO7. The van der Waals surface area contributed by atoms with Crippen LogP contribution in [0.15, 0.2) is 72.9 Å². The van der Waals surface area contributed by atoms with Crippen molar-refractivity contribution in [3.8, 4) is 0 Å². The number of esters is 2. The van der Waals surface area contributed by atoms with Crippen molar-refractivity contribution in [3.05, 3.63) is 72.9 Å². The molecule has 368 valence electrons. The first-order valence-electron chi connectivity index (χ1n) is 26.0. The standard InChI is InChI=1S/C56H97NO7/c1-6-8-10-12-14-16-18-20-22-24-26-27-29-30-32-34-36-38-40-42-44-46-54(58)63-51-52(50-62-49-48-53(56(60)61)57(3,4)5)64-55(59)47-45-43-41-39-37-35-33-31-28-25-23-21-19-17-15-13-11-9-7-2/h9,11,15,17,21,23,28,31,35,37,41,43,52-53H,6-8,10,12-14,16,18-20,22,24-27,29-30,32-34,36,38-40,42,44-51H2,1-5H3/b11-9-,17-15-,23-21-,31-28-,37-35-,43-41-. The number of quaternary nitrogens is 1. The fraction of sp³-hybridized carbons (Fsp3) is 0.732. The van der Waals surface area contributed by atoms with Gasteiger partial charge in [0.2, 0.25) is 0 Å². The second-order valence-electron chi connectivity index (χ2n) is 18.4. The van der Waals surface area contributed by atoms with E-state index in [1.165, 1.54) is 116 Å². The molecule has 0 rings (SSSR count). The van der Waals surface area contributed by atoms with Crippen LogP contribution in [-0.4, -0.2) is 75.5 Å². The van der Waals surface area contributed by atoms with E-state index in [0.717, 1.165) is 57.8 Å². The van der Waals surface area contributed by atoms with Crippen LogP contribution in [0.3, 0.4) is 0 Å². The molecule has 0 amide bonds. The van der Waals surface area contributed by atoms with Crippen molar-refractivity contribution in [1.82, 2.24) is 0 Å². The normalized spacial score (nSPS) is 13.5. The number of nitrogens with zero attached hydrogens (tertiary/aromatic N) is 1. The molecule has 0 aliphatic rings. The quantitative estimate of drug-likeness (QED) is 0.0259. The van der Waals surface area contributed by atoms with Gasteiger partial charge in [-0.1, -0.05) is 215 Å². The van der Waals surface area contributed by atoms with Crippen LogP contribution in [-0.2, 0) is 28.6 Å². The summed E-state index contributed by atoms with van der Waals surface area (Å²) in [6.07, 6.45) is 59.6. The second kappa shape index (κ2) is 46.3. The van der Waals surface area contributed by atoms with Crippen molar-refractivity contribution in [3.63, 3.8) is 0 Å². The Morgan fingerprint density at radius 3 is 1.27 bits per heavy atom. The molecule has 0 saturated heterocycles. The van der Waals surface area contributed by atoms with E-state index in [4.69, 9.17) is 14.2 Å². The Labute approximate surface area is 393 Å². The predicted molar refractivity (Wildman–Crippen MR) is 268 cm³/mol. The number of hydrogen-bond donors (Lipinski definition) is 0. The van der Waals surface area contributed by atoms with E-state index in [9.17, 15) is 19.5 Å². The van der Waals surface area contributed by atoms with Gasteiger partial charge in [0.25, 0.3) is 0 Å². The topological polar surface area (TPSA) is 102 Å². The number of carboxylic acid groups (broad SMARTS) is 1. The number of likely N-dealkylation sites (N-methyl/N-ethyl adjacent to an activating group) is 1. The highest BCUT2D eigenvalue weighted by molar-refractivity contribution is 5.70. The zero-order valence-corrected chi connectivity index (χ0v) is 41.9. The largest absolute Gasteiger partial charge is 0.544 e. The number of allylic oxidation sites excluding steroid dienone is 12. The van der Waals surface area contributed by atoms with Crippen LogP contribution in [0.5, 0.6) is 0 Å². The third-order valence-corrected chi connectivity index (χ3v) is 11.4. The number of ether oxygens (including phenoxy) is 3. The van der Waals surface area contributed by atoms with Gasteiger partial charge in [0.05, 0.1) is 40.3 Å². The lowest BCUT2D eigenvalue weighted by Gasteiger charge is -2.34. The highest BCUT2D eigenvalue weighted by Gasteiger charge is 2.25. The molecule has 0 heterocycles. The number of carboxylic acids is 1. The van der Waals surface area contributed by atoms with Gasteiger partial charge < -0.3 is 28.6 Å². The van der Waals surface area contributed by atoms with Crippen LogP contribution in [0.4, 0.5) is 0 Å². The van der Waals surface area contributed by atoms with Crippen molar-refractivity contribution in [2.45, 2.75) is 225 Å². The summed E-state index contributed by atoms with van der Waals surface area (Å²) in [6.45, 7) is 4.49. The van der Waals surface area contributed by atoms with Gasteiger partial charge in [0.15, 0.2) is 6.10 Å². The van der Waals surface area contributed by atoms with Crippen LogP contribution in [0.25, 0.3) is 0 Å². The summed E-state index contributed by atoms with van der Waals surface area (Å²) >= 11 is 0. The molecule has 8 heteroatoms. The van der Waals surface area contributed by atoms with Crippen LogP contribution >= 0.6 is 0 Å². The van der Waals surface area contributed by atoms with Gasteiger partial charge in [-0.2, -0.15) is 0 Å². The monoisotopic (exact) mass is 896 g/mol. The minimum atomic E-state index is -1.14. The second-order valence-corrected chi connectivity index (χ2v) is 18.4. The molecular weight excluding hydrogens is 799 g/mol. The molecule has 8 nitrogen and oxygen atoms in total. The minimum absolute atomic E-state index is 0.00913. The number of carbonyl (C=O) groups is 3. The van der Waals surface area contributed by atoms with E-state index in [0.29, 0.717) is 12.8 Å². The van der Waals surface area contributed by atoms with Gasteiger partial charge in [-0.3, -0.25) is 9.59 Å². The predicted octanol–water partition coefficient (Wildman–Crippen LogP) is 13.8. The molecule has 0 aromatic rings. The van der Waals surface area contributed by atoms with Gasteiger partial charge in [-0.25, -0.2) is 0 Å². The molecule has 0 N–H and O–H groups in total. The van der Waals surface area contributed by atoms with E-state index < -0.39 is 24.1 Å². The van der Waals surface area contributed by atoms with E-state index in [1.54, 1.807) is 21.1 Å². The summed E-state index contributed by atoms with van der Waals surface area (Å²) < 4.78 is 17.2. The first-order valence-corrected chi connectivity index (χ1v) is 26.0. The lowest BCUT2D eigenvalue weighted by atomic mass is 10.0. The van der Waals surface area contributed by atoms with Crippen LogP contribution in [0.2, 0.25) is 0 Å². The fourth-order valence-corrected chi connectivity index (χ4v) is 7.39. The SMILES string of the molecule is CC/C=C\C/C=C\C/C=C\C/C=C\C/C=C\C/C=C\CCC(=O)OC(COCCC(C(=O)[O-])[N+](C)(C)C)COC(=O)CCCCCCCCCCCCCCCCCCCCCCC. The Balaban J connectivity index is 4.32. The zero-order chi connectivity index (χ0) is 47.0. The molecule has 0 fully saturated rings. The van der Waals surface area contributed by atoms with E-state index in [1.807, 2.05) is 12.2 Å². The Hall–Kier alpha value is -3.23. The molecule has 0 saturated carbocycles. The van der Waals surface area contributed by atoms with Crippen molar-refractivity contribution >= 4 is 17.9 Å². The average molecular weight is 896 g/mol. The fourth-order valence-electron chi connectivity index (χ4n) is 7.39. The summed E-state index contributed by atoms with van der Waals surface area (Å²) in [6, 6.07) is -0.742. The number of unbranched alkanes of at least 4 members (excludes halogenated alkanes) is 20. The molecule has 0 aliphatic heterocycles. The first-order chi connectivity index (χ1) is 31.1. The van der Waals surface area contributed by atoms with Crippen LogP contribution < -0.4 is 5.11 Å². The molecule has 0 aliphatic carbocycles. The van der Waals surface area contributed by atoms with Crippen LogP contribution in [0.1, 0.15) is 213 Å². The summed E-state index contributed by atoms with van der Waals surface area (Å²) in [5, 5.41) is 11.7. The van der Waals surface area contributed by atoms with Crippen molar-refractivity contribution < 1.29 is 38.2 Å². The molecule has 0 aromatic heterocycles. The van der Waals surface area contributed by atoms with Gasteiger partial charge in [0.1, 0.15) is 12.6 Å². The Morgan fingerprint density at radius 1 is 0.484 bits per heavy atom. The Morgan fingerprint density at radius 2 is 0.875 bits per heavy atom. The molecule has 0 bridgehead atoms. The molecule has 2 atom stereocenters. The number of rotatable bonds is 46. The van der Waals surface area contributed by atoms with E-state index >= 15 is 0 Å². The third kappa shape index (κ3) is 44.0. The number of carbonyl (C=O) groups excluding carboxylic acids is 3. The Bertz CT molecular complexity index is 1270.